The summed E-state index contributed by atoms with van der Waals surface area (Å²) < 4.78 is 2.37. The Morgan fingerprint density at radius 3 is 2.55 bits per heavy atom. The number of piperidine rings is 1. The van der Waals surface area contributed by atoms with Gasteiger partial charge in [0, 0.05) is 24.7 Å². The monoisotopic (exact) mass is 300 g/mol. The zero-order valence-electron chi connectivity index (χ0n) is 14.3. The lowest BCUT2D eigenvalue weighted by molar-refractivity contribution is 0.168. The lowest BCUT2D eigenvalue weighted by atomic mass is 9.95. The van der Waals surface area contributed by atoms with Crippen molar-refractivity contribution in [1.82, 2.24) is 19.4 Å². The Morgan fingerprint density at radius 2 is 1.91 bits per heavy atom. The molecule has 2 aromatic heterocycles. The second-order valence-corrected chi connectivity index (χ2v) is 7.22. The molecule has 1 saturated heterocycles. The first-order chi connectivity index (χ1) is 10.6. The Labute approximate surface area is 133 Å². The van der Waals surface area contributed by atoms with Crippen LogP contribution in [0.4, 0.5) is 0 Å². The highest BCUT2D eigenvalue weighted by molar-refractivity contribution is 5.71. The van der Waals surface area contributed by atoms with Gasteiger partial charge in [-0.2, -0.15) is 0 Å². The number of imidazole rings is 1. The fraction of sp³-hybridized carbons (Fsp3) is 0.667. The van der Waals surface area contributed by atoms with Crippen LogP contribution in [0.3, 0.4) is 0 Å². The van der Waals surface area contributed by atoms with Gasteiger partial charge in [0.2, 0.25) is 0 Å². The standard InChI is InChI=1S/C18H28N4/c1-13(2)12-22-17(20-16-6-5-9-19-18(16)22)15-7-10-21(11-8-15)14(3)4/h5-6,9,13-15H,7-8,10-12H2,1-4H3. The van der Waals surface area contributed by atoms with Crippen LogP contribution in [0.1, 0.15) is 52.3 Å². The second-order valence-electron chi connectivity index (χ2n) is 7.22. The summed E-state index contributed by atoms with van der Waals surface area (Å²) in [5, 5.41) is 0. The minimum Gasteiger partial charge on any atom is -0.312 e. The van der Waals surface area contributed by atoms with E-state index in [2.05, 4.69) is 48.2 Å². The van der Waals surface area contributed by atoms with Gasteiger partial charge in [-0.1, -0.05) is 13.8 Å². The number of pyridine rings is 1. The molecule has 1 aliphatic rings. The molecular weight excluding hydrogens is 272 g/mol. The van der Waals surface area contributed by atoms with Crippen LogP contribution < -0.4 is 0 Å². The van der Waals surface area contributed by atoms with E-state index < -0.39 is 0 Å². The maximum atomic E-state index is 4.94. The van der Waals surface area contributed by atoms with Crippen molar-refractivity contribution in [3.05, 3.63) is 24.2 Å². The molecule has 0 aromatic carbocycles. The predicted octanol–water partition coefficient (Wildman–Crippen LogP) is 3.68. The molecule has 22 heavy (non-hydrogen) atoms. The number of likely N-dealkylation sites (tertiary alicyclic amines) is 1. The van der Waals surface area contributed by atoms with E-state index in [0.29, 0.717) is 17.9 Å². The molecule has 3 heterocycles. The van der Waals surface area contributed by atoms with Gasteiger partial charge in [-0.15, -0.1) is 0 Å². The lowest BCUT2D eigenvalue weighted by Gasteiger charge is -2.34. The summed E-state index contributed by atoms with van der Waals surface area (Å²) in [6, 6.07) is 4.73. The maximum Gasteiger partial charge on any atom is 0.159 e. The topological polar surface area (TPSA) is 34.0 Å². The van der Waals surface area contributed by atoms with Crippen LogP contribution in [0, 0.1) is 5.92 Å². The highest BCUT2D eigenvalue weighted by Gasteiger charge is 2.26. The summed E-state index contributed by atoms with van der Waals surface area (Å²) in [5.41, 5.74) is 2.10. The molecule has 0 saturated carbocycles. The van der Waals surface area contributed by atoms with Crippen molar-refractivity contribution in [3.8, 4) is 0 Å². The van der Waals surface area contributed by atoms with E-state index in [1.807, 2.05) is 12.3 Å². The van der Waals surface area contributed by atoms with Gasteiger partial charge < -0.3 is 9.47 Å². The molecule has 0 radical (unpaired) electrons. The zero-order valence-corrected chi connectivity index (χ0v) is 14.3. The first-order valence-corrected chi connectivity index (χ1v) is 8.61. The van der Waals surface area contributed by atoms with Crippen LogP contribution in [-0.4, -0.2) is 38.6 Å². The zero-order chi connectivity index (χ0) is 15.7. The number of fused-ring (bicyclic) bond motifs is 1. The molecule has 0 N–H and O–H groups in total. The third-order valence-electron chi connectivity index (χ3n) is 4.71. The van der Waals surface area contributed by atoms with Crippen molar-refractivity contribution >= 4 is 11.2 Å². The van der Waals surface area contributed by atoms with Crippen molar-refractivity contribution in [1.29, 1.82) is 0 Å². The number of hydrogen-bond donors (Lipinski definition) is 0. The third-order valence-corrected chi connectivity index (χ3v) is 4.71. The summed E-state index contributed by atoms with van der Waals surface area (Å²) in [6.45, 7) is 12.5. The molecule has 0 bridgehead atoms. The van der Waals surface area contributed by atoms with Crippen molar-refractivity contribution in [2.75, 3.05) is 13.1 Å². The molecule has 0 atom stereocenters. The largest absolute Gasteiger partial charge is 0.312 e. The fourth-order valence-corrected chi connectivity index (χ4v) is 3.51. The summed E-state index contributed by atoms with van der Waals surface area (Å²) >= 11 is 0. The van der Waals surface area contributed by atoms with Gasteiger partial charge in [-0.05, 0) is 57.8 Å². The van der Waals surface area contributed by atoms with Crippen molar-refractivity contribution in [2.45, 2.75) is 59.0 Å². The number of nitrogens with zero attached hydrogens (tertiary/aromatic N) is 4. The number of aromatic nitrogens is 3. The average molecular weight is 300 g/mol. The first-order valence-electron chi connectivity index (χ1n) is 8.61. The summed E-state index contributed by atoms with van der Waals surface area (Å²) in [6.07, 6.45) is 4.30. The SMILES string of the molecule is CC(C)Cn1c(C2CCN(C(C)C)CC2)nc2cccnc21. The van der Waals surface area contributed by atoms with Crippen LogP contribution in [-0.2, 0) is 6.54 Å². The molecular formula is C18H28N4. The second kappa shape index (κ2) is 6.37. The minimum absolute atomic E-state index is 0.572. The van der Waals surface area contributed by atoms with Crippen molar-refractivity contribution < 1.29 is 0 Å². The van der Waals surface area contributed by atoms with Gasteiger partial charge in [0.25, 0.3) is 0 Å². The Kier molecular flexibility index (Phi) is 4.48. The summed E-state index contributed by atoms with van der Waals surface area (Å²) in [7, 11) is 0. The quantitative estimate of drug-likeness (QED) is 0.864. The van der Waals surface area contributed by atoms with Crippen LogP contribution in [0.25, 0.3) is 11.2 Å². The van der Waals surface area contributed by atoms with Crippen molar-refractivity contribution in [3.63, 3.8) is 0 Å². The van der Waals surface area contributed by atoms with E-state index >= 15 is 0 Å². The molecule has 120 valence electrons. The van der Waals surface area contributed by atoms with Crippen LogP contribution in [0.5, 0.6) is 0 Å². The molecule has 2 aromatic rings. The Balaban J connectivity index is 1.90. The molecule has 4 heteroatoms. The van der Waals surface area contributed by atoms with E-state index in [0.717, 1.165) is 17.7 Å². The predicted molar refractivity (Wildman–Crippen MR) is 91.1 cm³/mol. The summed E-state index contributed by atoms with van der Waals surface area (Å²) in [4.78, 5) is 12.1. The number of rotatable bonds is 4. The van der Waals surface area contributed by atoms with Gasteiger partial charge in [0.05, 0.1) is 0 Å². The van der Waals surface area contributed by atoms with Crippen LogP contribution in [0.2, 0.25) is 0 Å². The Bertz CT molecular complexity index is 621. The Hall–Kier alpha value is -1.42. The molecule has 1 fully saturated rings. The Morgan fingerprint density at radius 1 is 1.18 bits per heavy atom. The van der Waals surface area contributed by atoms with Crippen LogP contribution >= 0.6 is 0 Å². The molecule has 0 amide bonds. The minimum atomic E-state index is 0.572. The fourth-order valence-electron chi connectivity index (χ4n) is 3.51. The van der Waals surface area contributed by atoms with Gasteiger partial charge in [-0.3, -0.25) is 0 Å². The molecule has 1 aliphatic heterocycles. The maximum absolute atomic E-state index is 4.94. The smallest absolute Gasteiger partial charge is 0.159 e. The van der Waals surface area contributed by atoms with Gasteiger partial charge >= 0.3 is 0 Å². The van der Waals surface area contributed by atoms with E-state index in [9.17, 15) is 0 Å². The molecule has 0 spiro atoms. The molecule has 4 nitrogen and oxygen atoms in total. The number of hydrogen-bond acceptors (Lipinski definition) is 3. The van der Waals surface area contributed by atoms with Crippen molar-refractivity contribution in [2.24, 2.45) is 5.92 Å². The van der Waals surface area contributed by atoms with E-state index in [1.54, 1.807) is 0 Å². The summed E-state index contributed by atoms with van der Waals surface area (Å²) in [5.74, 6) is 2.43. The highest BCUT2D eigenvalue weighted by Crippen LogP contribution is 2.30. The van der Waals surface area contributed by atoms with Crippen LogP contribution in [0.15, 0.2) is 18.3 Å². The molecule has 0 aliphatic carbocycles. The molecule has 3 rings (SSSR count). The van der Waals surface area contributed by atoms with E-state index in [1.165, 1.54) is 31.8 Å². The molecule has 0 unspecified atom stereocenters. The van der Waals surface area contributed by atoms with E-state index in [4.69, 9.17) is 4.98 Å². The first kappa shape index (κ1) is 15.5. The van der Waals surface area contributed by atoms with Gasteiger partial charge in [-0.25, -0.2) is 9.97 Å². The lowest BCUT2D eigenvalue weighted by Crippen LogP contribution is -2.38. The third kappa shape index (κ3) is 3.02. The average Bonchev–Trinajstić information content (AvgIpc) is 2.86. The van der Waals surface area contributed by atoms with Gasteiger partial charge in [0.1, 0.15) is 11.3 Å². The van der Waals surface area contributed by atoms with Gasteiger partial charge in [0.15, 0.2) is 5.65 Å². The van der Waals surface area contributed by atoms with E-state index in [-0.39, 0.29) is 0 Å². The normalized spacial score (nSPS) is 17.9. The highest BCUT2D eigenvalue weighted by atomic mass is 15.2.